The van der Waals surface area contributed by atoms with Gasteiger partial charge in [-0.2, -0.15) is 0 Å². The van der Waals surface area contributed by atoms with E-state index >= 15 is 0 Å². The van der Waals surface area contributed by atoms with E-state index in [0.29, 0.717) is 10.9 Å². The number of hydrogen-bond acceptors (Lipinski definition) is 3. The predicted molar refractivity (Wildman–Crippen MR) is 88.8 cm³/mol. The maximum absolute atomic E-state index is 13.5. The number of benzene rings is 1. The summed E-state index contributed by atoms with van der Waals surface area (Å²) < 4.78 is 38.7. The first-order chi connectivity index (χ1) is 10.7. The van der Waals surface area contributed by atoms with Crippen LogP contribution in [-0.4, -0.2) is 48.4 Å². The largest absolute Gasteiger partial charge is 0.350 e. The van der Waals surface area contributed by atoms with Crippen molar-refractivity contribution < 1.29 is 17.6 Å². The fourth-order valence-electron chi connectivity index (χ4n) is 2.52. The molecule has 5 nitrogen and oxygen atoms in total. The molecule has 0 aliphatic carbocycles. The molecule has 7 heteroatoms. The molecule has 126 valence electrons. The number of halogens is 1. The maximum Gasteiger partial charge on any atom is 0.256 e. The van der Waals surface area contributed by atoms with E-state index in [1.165, 1.54) is 17.0 Å². The molecular formula is C16H21FN2O3S. The first-order valence-electron chi connectivity index (χ1n) is 7.38. The first kappa shape index (κ1) is 17.5. The number of nitrogens with zero attached hydrogens (tertiary/aromatic N) is 2. The van der Waals surface area contributed by atoms with Gasteiger partial charge in [-0.3, -0.25) is 4.79 Å². The third-order valence-electron chi connectivity index (χ3n) is 4.10. The molecule has 0 spiro atoms. The van der Waals surface area contributed by atoms with Gasteiger partial charge in [0.2, 0.25) is 0 Å². The SMILES string of the molecule is CCS(=O)(=O)C[C@H](C)N(C)C(=O)c1cn(C)c2ccc(F)cc12. The van der Waals surface area contributed by atoms with E-state index in [4.69, 9.17) is 0 Å². The van der Waals surface area contributed by atoms with Gasteiger partial charge >= 0.3 is 0 Å². The quantitative estimate of drug-likeness (QED) is 0.838. The van der Waals surface area contributed by atoms with E-state index < -0.39 is 21.7 Å². The van der Waals surface area contributed by atoms with Crippen molar-refractivity contribution >= 4 is 26.6 Å². The average molecular weight is 340 g/mol. The standard InChI is InChI=1S/C16H21FN2O3S/c1-5-23(21,22)10-11(2)19(4)16(20)14-9-18(3)15-7-6-12(17)8-13(14)15/h6-9,11H,5,10H2,1-4H3/t11-/m0/s1. The van der Waals surface area contributed by atoms with Gasteiger partial charge in [-0.1, -0.05) is 6.92 Å². The highest BCUT2D eigenvalue weighted by Crippen LogP contribution is 2.23. The van der Waals surface area contributed by atoms with Gasteiger partial charge in [0.25, 0.3) is 5.91 Å². The molecule has 0 bridgehead atoms. The highest BCUT2D eigenvalue weighted by Gasteiger charge is 2.24. The van der Waals surface area contributed by atoms with E-state index in [0.717, 1.165) is 5.52 Å². The molecule has 0 saturated carbocycles. The molecule has 2 aromatic rings. The molecule has 0 aliphatic rings. The summed E-state index contributed by atoms with van der Waals surface area (Å²) in [7, 11) is 0.163. The van der Waals surface area contributed by atoms with Crippen LogP contribution in [0.25, 0.3) is 10.9 Å². The number of rotatable bonds is 5. The molecule has 0 saturated heterocycles. The van der Waals surface area contributed by atoms with Crippen molar-refractivity contribution in [3.05, 3.63) is 35.8 Å². The molecule has 1 atom stereocenters. The number of carbonyl (C=O) groups is 1. The Bertz CT molecular complexity index is 842. The summed E-state index contributed by atoms with van der Waals surface area (Å²) in [6.07, 6.45) is 1.64. The van der Waals surface area contributed by atoms with Crippen molar-refractivity contribution in [1.29, 1.82) is 0 Å². The van der Waals surface area contributed by atoms with Crippen LogP contribution < -0.4 is 0 Å². The van der Waals surface area contributed by atoms with Crippen molar-refractivity contribution in [2.45, 2.75) is 19.9 Å². The number of aryl methyl sites for hydroxylation is 1. The monoisotopic (exact) mass is 340 g/mol. The molecule has 1 amide bonds. The zero-order valence-corrected chi connectivity index (χ0v) is 14.5. The Morgan fingerprint density at radius 2 is 2.04 bits per heavy atom. The Morgan fingerprint density at radius 3 is 2.65 bits per heavy atom. The summed E-state index contributed by atoms with van der Waals surface area (Å²) in [5, 5.41) is 0.523. The second kappa shape index (κ2) is 6.31. The van der Waals surface area contributed by atoms with Gasteiger partial charge < -0.3 is 9.47 Å². The molecule has 2 rings (SSSR count). The van der Waals surface area contributed by atoms with Crippen LogP contribution in [0.5, 0.6) is 0 Å². The van der Waals surface area contributed by atoms with Gasteiger partial charge in [0, 0.05) is 43.0 Å². The second-order valence-electron chi connectivity index (χ2n) is 5.78. The normalized spacial score (nSPS) is 13.3. The average Bonchev–Trinajstić information content (AvgIpc) is 2.81. The van der Waals surface area contributed by atoms with E-state index in [1.807, 2.05) is 0 Å². The van der Waals surface area contributed by atoms with E-state index in [9.17, 15) is 17.6 Å². The van der Waals surface area contributed by atoms with Crippen molar-refractivity contribution in [2.24, 2.45) is 7.05 Å². The summed E-state index contributed by atoms with van der Waals surface area (Å²) in [5.74, 6) is -0.786. The van der Waals surface area contributed by atoms with Crippen LogP contribution in [0.2, 0.25) is 0 Å². The summed E-state index contributed by atoms with van der Waals surface area (Å²) in [6.45, 7) is 3.27. The van der Waals surface area contributed by atoms with Crippen molar-refractivity contribution in [2.75, 3.05) is 18.6 Å². The lowest BCUT2D eigenvalue weighted by Gasteiger charge is -2.24. The van der Waals surface area contributed by atoms with Gasteiger partial charge in [-0.25, -0.2) is 12.8 Å². The minimum Gasteiger partial charge on any atom is -0.350 e. The topological polar surface area (TPSA) is 59.4 Å². The highest BCUT2D eigenvalue weighted by atomic mass is 32.2. The number of hydrogen-bond donors (Lipinski definition) is 0. The molecule has 0 N–H and O–H groups in total. The second-order valence-corrected chi connectivity index (χ2v) is 8.18. The fraction of sp³-hybridized carbons (Fsp3) is 0.438. The van der Waals surface area contributed by atoms with Crippen LogP contribution in [0.4, 0.5) is 4.39 Å². The zero-order valence-electron chi connectivity index (χ0n) is 13.7. The molecule has 0 unspecified atom stereocenters. The number of sulfone groups is 1. The fourth-order valence-corrected chi connectivity index (χ4v) is 3.72. The van der Waals surface area contributed by atoms with Gasteiger partial charge in [-0.15, -0.1) is 0 Å². The van der Waals surface area contributed by atoms with Gasteiger partial charge in [0.05, 0.1) is 11.3 Å². The molecular weight excluding hydrogens is 319 g/mol. The number of fused-ring (bicyclic) bond motifs is 1. The van der Waals surface area contributed by atoms with E-state index in [-0.39, 0.29) is 17.4 Å². The van der Waals surface area contributed by atoms with Crippen molar-refractivity contribution in [1.82, 2.24) is 9.47 Å². The highest BCUT2D eigenvalue weighted by molar-refractivity contribution is 7.91. The van der Waals surface area contributed by atoms with Gasteiger partial charge in [0.15, 0.2) is 9.84 Å². The van der Waals surface area contributed by atoms with Crippen LogP contribution in [0.15, 0.2) is 24.4 Å². The van der Waals surface area contributed by atoms with E-state index in [2.05, 4.69) is 0 Å². The lowest BCUT2D eigenvalue weighted by molar-refractivity contribution is 0.0758. The Morgan fingerprint density at radius 1 is 1.39 bits per heavy atom. The lowest BCUT2D eigenvalue weighted by Crippen LogP contribution is -2.39. The predicted octanol–water partition coefficient (Wildman–Crippen LogP) is 2.21. The first-order valence-corrected chi connectivity index (χ1v) is 9.20. The molecule has 0 fully saturated rings. The van der Waals surface area contributed by atoms with E-state index in [1.54, 1.807) is 44.8 Å². The van der Waals surface area contributed by atoms with Gasteiger partial charge in [0.1, 0.15) is 5.82 Å². The van der Waals surface area contributed by atoms with Gasteiger partial charge in [-0.05, 0) is 25.1 Å². The Balaban J connectivity index is 2.35. The Labute approximate surface area is 135 Å². The summed E-state index contributed by atoms with van der Waals surface area (Å²) in [6, 6.07) is 3.82. The third kappa shape index (κ3) is 3.55. The van der Waals surface area contributed by atoms with Crippen LogP contribution >= 0.6 is 0 Å². The third-order valence-corrected chi connectivity index (χ3v) is 5.97. The van der Waals surface area contributed by atoms with Crippen LogP contribution in [0.3, 0.4) is 0 Å². The minimum atomic E-state index is -3.18. The molecule has 0 radical (unpaired) electrons. The smallest absolute Gasteiger partial charge is 0.256 e. The Kier molecular flexibility index (Phi) is 4.79. The summed E-state index contributed by atoms with van der Waals surface area (Å²) in [4.78, 5) is 14.1. The van der Waals surface area contributed by atoms with Crippen LogP contribution in [0, 0.1) is 5.82 Å². The molecule has 1 aromatic heterocycles. The number of amides is 1. The number of aromatic nitrogens is 1. The molecule has 0 aliphatic heterocycles. The minimum absolute atomic E-state index is 0.0405. The molecule has 23 heavy (non-hydrogen) atoms. The number of carbonyl (C=O) groups excluding carboxylic acids is 1. The summed E-state index contributed by atoms with van der Waals surface area (Å²) >= 11 is 0. The Hall–Kier alpha value is -1.89. The molecule has 1 aromatic carbocycles. The van der Waals surface area contributed by atoms with Crippen LogP contribution in [0.1, 0.15) is 24.2 Å². The van der Waals surface area contributed by atoms with Crippen molar-refractivity contribution in [3.8, 4) is 0 Å². The summed E-state index contributed by atoms with van der Waals surface area (Å²) in [5.41, 5.74) is 1.11. The zero-order chi connectivity index (χ0) is 17.4. The molecule has 1 heterocycles. The maximum atomic E-state index is 13.5. The lowest BCUT2D eigenvalue weighted by atomic mass is 10.1. The van der Waals surface area contributed by atoms with Crippen LogP contribution in [-0.2, 0) is 16.9 Å². The van der Waals surface area contributed by atoms with Crippen molar-refractivity contribution in [3.63, 3.8) is 0 Å².